The average molecular weight is 303 g/mol. The molecule has 0 bridgehead atoms. The summed E-state index contributed by atoms with van der Waals surface area (Å²) in [6, 6.07) is 8.88. The van der Waals surface area contributed by atoms with Crippen LogP contribution in [0.3, 0.4) is 0 Å². The Morgan fingerprint density at radius 2 is 2.19 bits per heavy atom. The van der Waals surface area contributed by atoms with E-state index in [0.717, 1.165) is 30.6 Å². The monoisotopic (exact) mass is 303 g/mol. The van der Waals surface area contributed by atoms with E-state index >= 15 is 0 Å². The fraction of sp³-hybridized carbons (Fsp3) is 0.267. The van der Waals surface area contributed by atoms with E-state index in [0.29, 0.717) is 4.90 Å². The minimum Gasteiger partial charge on any atom is -0.385 e. The number of sulfonamides is 1. The van der Waals surface area contributed by atoms with E-state index in [1.165, 1.54) is 5.56 Å². The highest BCUT2D eigenvalue weighted by atomic mass is 32.2. The van der Waals surface area contributed by atoms with E-state index in [1.807, 2.05) is 12.1 Å². The summed E-state index contributed by atoms with van der Waals surface area (Å²) < 4.78 is 27.3. The molecule has 0 atom stereocenters. The van der Waals surface area contributed by atoms with E-state index < -0.39 is 10.0 Å². The van der Waals surface area contributed by atoms with Crippen molar-refractivity contribution in [3.63, 3.8) is 0 Å². The van der Waals surface area contributed by atoms with Crippen LogP contribution < -0.4 is 10.0 Å². The molecule has 0 unspecified atom stereocenters. The molecular formula is C15H17N3O2S. The molecule has 1 aliphatic heterocycles. The van der Waals surface area contributed by atoms with Crippen molar-refractivity contribution in [2.24, 2.45) is 0 Å². The quantitative estimate of drug-likeness (QED) is 0.905. The lowest BCUT2D eigenvalue weighted by Crippen LogP contribution is -2.24. The van der Waals surface area contributed by atoms with Crippen LogP contribution in [0.1, 0.15) is 17.5 Å². The summed E-state index contributed by atoms with van der Waals surface area (Å²) >= 11 is 0. The maximum absolute atomic E-state index is 12.3. The molecular weight excluding hydrogens is 286 g/mol. The van der Waals surface area contributed by atoms with Gasteiger partial charge in [-0.2, -0.15) is 0 Å². The van der Waals surface area contributed by atoms with Crippen LogP contribution in [0.5, 0.6) is 0 Å². The van der Waals surface area contributed by atoms with Crippen molar-refractivity contribution in [3.05, 3.63) is 53.9 Å². The molecule has 0 saturated heterocycles. The van der Waals surface area contributed by atoms with Crippen molar-refractivity contribution < 1.29 is 8.42 Å². The first-order valence-electron chi connectivity index (χ1n) is 6.90. The highest BCUT2D eigenvalue weighted by molar-refractivity contribution is 7.89. The predicted molar refractivity (Wildman–Crippen MR) is 81.5 cm³/mol. The topological polar surface area (TPSA) is 71.1 Å². The Hall–Kier alpha value is -1.92. The van der Waals surface area contributed by atoms with Gasteiger partial charge in [-0.1, -0.05) is 12.1 Å². The van der Waals surface area contributed by atoms with Crippen LogP contribution in [0.15, 0.2) is 47.6 Å². The molecule has 0 aliphatic carbocycles. The number of hydrogen-bond acceptors (Lipinski definition) is 4. The van der Waals surface area contributed by atoms with Crippen LogP contribution in [0.25, 0.3) is 0 Å². The van der Waals surface area contributed by atoms with Crippen LogP contribution in [0.2, 0.25) is 0 Å². The fourth-order valence-corrected chi connectivity index (χ4v) is 3.42. The lowest BCUT2D eigenvalue weighted by atomic mass is 10.0. The molecule has 0 saturated carbocycles. The molecule has 0 radical (unpaired) electrons. The van der Waals surface area contributed by atoms with Crippen LogP contribution >= 0.6 is 0 Å². The number of aromatic nitrogens is 1. The summed E-state index contributed by atoms with van der Waals surface area (Å²) in [6.45, 7) is 1.13. The summed E-state index contributed by atoms with van der Waals surface area (Å²) in [5.74, 6) is 0. The van der Waals surface area contributed by atoms with Crippen molar-refractivity contribution in [3.8, 4) is 0 Å². The lowest BCUT2D eigenvalue weighted by molar-refractivity contribution is 0.581. The summed E-state index contributed by atoms with van der Waals surface area (Å²) in [7, 11) is -3.51. The van der Waals surface area contributed by atoms with Gasteiger partial charge in [0.25, 0.3) is 0 Å². The number of pyridine rings is 1. The van der Waals surface area contributed by atoms with Gasteiger partial charge >= 0.3 is 0 Å². The molecule has 110 valence electrons. The van der Waals surface area contributed by atoms with Gasteiger partial charge in [0.05, 0.1) is 4.90 Å². The second kappa shape index (κ2) is 5.83. The van der Waals surface area contributed by atoms with Gasteiger partial charge in [-0.15, -0.1) is 0 Å². The SMILES string of the molecule is O=S(=O)(NCc1cccnc1)c1ccc2c(c1)NCCC2. The van der Waals surface area contributed by atoms with E-state index in [4.69, 9.17) is 0 Å². The molecule has 0 fully saturated rings. The minimum absolute atomic E-state index is 0.237. The third kappa shape index (κ3) is 3.22. The van der Waals surface area contributed by atoms with E-state index in [1.54, 1.807) is 30.6 Å². The molecule has 1 aliphatic rings. The van der Waals surface area contributed by atoms with Crippen molar-refractivity contribution in [2.75, 3.05) is 11.9 Å². The Bertz CT molecular complexity index is 730. The number of aryl methyl sites for hydroxylation is 1. The van der Waals surface area contributed by atoms with Crippen molar-refractivity contribution in [2.45, 2.75) is 24.3 Å². The number of nitrogens with one attached hydrogen (secondary N) is 2. The van der Waals surface area contributed by atoms with E-state index in [9.17, 15) is 8.42 Å². The Kier molecular flexibility index (Phi) is 3.90. The van der Waals surface area contributed by atoms with Gasteiger partial charge in [-0.3, -0.25) is 4.98 Å². The molecule has 0 amide bonds. The lowest BCUT2D eigenvalue weighted by Gasteiger charge is -2.18. The van der Waals surface area contributed by atoms with Gasteiger partial charge < -0.3 is 5.32 Å². The van der Waals surface area contributed by atoms with E-state index in [2.05, 4.69) is 15.0 Å². The van der Waals surface area contributed by atoms with Gasteiger partial charge in [-0.25, -0.2) is 13.1 Å². The number of nitrogens with zero attached hydrogens (tertiary/aromatic N) is 1. The van der Waals surface area contributed by atoms with Crippen LogP contribution in [-0.2, 0) is 23.0 Å². The zero-order chi connectivity index (χ0) is 14.7. The number of hydrogen-bond donors (Lipinski definition) is 2. The maximum Gasteiger partial charge on any atom is 0.240 e. The van der Waals surface area contributed by atoms with Crippen LogP contribution in [0, 0.1) is 0 Å². The molecule has 2 aromatic rings. The average Bonchev–Trinajstić information content (AvgIpc) is 2.53. The van der Waals surface area contributed by atoms with Crippen LogP contribution in [0.4, 0.5) is 5.69 Å². The summed E-state index contributed by atoms with van der Waals surface area (Å²) in [4.78, 5) is 4.26. The second-order valence-corrected chi connectivity index (χ2v) is 6.80. The molecule has 6 heteroatoms. The van der Waals surface area contributed by atoms with Crippen molar-refractivity contribution in [1.29, 1.82) is 0 Å². The molecule has 3 rings (SSSR count). The van der Waals surface area contributed by atoms with Crippen molar-refractivity contribution >= 4 is 15.7 Å². The number of fused-ring (bicyclic) bond motifs is 1. The Morgan fingerprint density at radius 3 is 3.00 bits per heavy atom. The van der Waals surface area contributed by atoms with Gasteiger partial charge in [0.2, 0.25) is 10.0 Å². The Balaban J connectivity index is 1.78. The first-order valence-corrected chi connectivity index (χ1v) is 8.39. The normalized spacial score (nSPS) is 14.3. The summed E-state index contributed by atoms with van der Waals surface area (Å²) in [5, 5.41) is 3.25. The summed E-state index contributed by atoms with van der Waals surface area (Å²) in [5.41, 5.74) is 2.93. The Labute approximate surface area is 124 Å². The van der Waals surface area contributed by atoms with E-state index in [-0.39, 0.29) is 6.54 Å². The molecule has 2 N–H and O–H groups in total. The first-order chi connectivity index (χ1) is 10.1. The zero-order valence-corrected chi connectivity index (χ0v) is 12.4. The second-order valence-electron chi connectivity index (χ2n) is 5.04. The summed E-state index contributed by atoms with van der Waals surface area (Å²) in [6.07, 6.45) is 5.38. The van der Waals surface area contributed by atoms with Gasteiger partial charge in [0, 0.05) is 31.2 Å². The fourth-order valence-electron chi connectivity index (χ4n) is 2.37. The highest BCUT2D eigenvalue weighted by Gasteiger charge is 2.17. The molecule has 1 aromatic heterocycles. The number of rotatable bonds is 4. The molecule has 2 heterocycles. The van der Waals surface area contributed by atoms with Crippen LogP contribution in [-0.4, -0.2) is 19.9 Å². The van der Waals surface area contributed by atoms with Gasteiger partial charge in [-0.05, 0) is 42.2 Å². The molecule has 5 nitrogen and oxygen atoms in total. The smallest absolute Gasteiger partial charge is 0.240 e. The Morgan fingerprint density at radius 1 is 1.29 bits per heavy atom. The largest absolute Gasteiger partial charge is 0.385 e. The first kappa shape index (κ1) is 14.0. The molecule has 1 aromatic carbocycles. The standard InChI is InChI=1S/C15H17N3O2S/c19-21(20,18-11-12-3-1-7-16-10-12)14-6-5-13-4-2-8-17-15(13)9-14/h1,3,5-7,9-10,17-18H,2,4,8,11H2. The third-order valence-electron chi connectivity index (χ3n) is 3.52. The third-order valence-corrected chi connectivity index (χ3v) is 4.92. The maximum atomic E-state index is 12.3. The minimum atomic E-state index is -3.51. The molecule has 0 spiro atoms. The number of benzene rings is 1. The van der Waals surface area contributed by atoms with Gasteiger partial charge in [0.1, 0.15) is 0 Å². The van der Waals surface area contributed by atoms with Crippen molar-refractivity contribution in [1.82, 2.24) is 9.71 Å². The highest BCUT2D eigenvalue weighted by Crippen LogP contribution is 2.25. The number of anilines is 1. The van der Waals surface area contributed by atoms with Gasteiger partial charge in [0.15, 0.2) is 0 Å². The molecule has 21 heavy (non-hydrogen) atoms. The predicted octanol–water partition coefficient (Wildman–Crippen LogP) is 1.92. The zero-order valence-electron chi connectivity index (χ0n) is 11.5.